The largest absolute Gasteiger partial charge is 0.478 e. The van der Waals surface area contributed by atoms with Crippen molar-refractivity contribution in [2.45, 2.75) is 19.0 Å². The Labute approximate surface area is 188 Å². The van der Waals surface area contributed by atoms with E-state index in [1.165, 1.54) is 12.1 Å². The minimum atomic E-state index is -1.66. The number of aryl methyl sites for hydroxylation is 2. The van der Waals surface area contributed by atoms with Gasteiger partial charge < -0.3 is 19.7 Å². The van der Waals surface area contributed by atoms with Gasteiger partial charge in [-0.1, -0.05) is 12.1 Å². The molecular formula is C25H21F2N3O3. The molecule has 0 radical (unpaired) electrons. The van der Waals surface area contributed by atoms with E-state index in [1.54, 1.807) is 31.2 Å². The van der Waals surface area contributed by atoms with Crippen LogP contribution in [0.3, 0.4) is 0 Å². The molecule has 3 aromatic rings. The summed E-state index contributed by atoms with van der Waals surface area (Å²) in [6.07, 6.45) is 1.57. The maximum absolute atomic E-state index is 15.7. The Hall–Kier alpha value is -3.94. The fourth-order valence-corrected chi connectivity index (χ4v) is 4.30. The number of carboxylic acid groups (broad SMARTS) is 1. The van der Waals surface area contributed by atoms with Crippen LogP contribution in [0.2, 0.25) is 0 Å². The lowest BCUT2D eigenvalue weighted by Crippen LogP contribution is -2.40. The van der Waals surface area contributed by atoms with Gasteiger partial charge in [0.1, 0.15) is 11.6 Å². The molecule has 2 unspecified atom stereocenters. The van der Waals surface area contributed by atoms with Crippen molar-refractivity contribution in [3.05, 3.63) is 88.5 Å². The van der Waals surface area contributed by atoms with Crippen LogP contribution in [0.1, 0.15) is 27.4 Å². The Morgan fingerprint density at radius 3 is 2.85 bits per heavy atom. The number of aromatic nitrogens is 1. The minimum absolute atomic E-state index is 0.0320. The molecule has 2 N–H and O–H groups in total. The second kappa shape index (κ2) is 7.88. The number of ether oxygens (including phenoxy) is 1. The molecule has 2 aliphatic rings. The standard InChI is InChI=1S/C25H21F2N3O3/c1-13-3-5-17(11-18(13)24(31)32)33-25-28-12-16-10-19(26)21(22(27)23(16)29-25)15-4-6-20-14(9-15)7-8-30(20)2/h3-11,21-22H,12H2,1-2H3,(H,28,29)(H,31,32). The Bertz CT molecular complexity index is 1390. The molecule has 0 saturated heterocycles. The van der Waals surface area contributed by atoms with Gasteiger partial charge in [0.05, 0.1) is 23.7 Å². The number of carbonyl (C=O) groups is 1. The van der Waals surface area contributed by atoms with Gasteiger partial charge in [0, 0.05) is 18.8 Å². The van der Waals surface area contributed by atoms with E-state index in [2.05, 4.69) is 10.3 Å². The first-order valence-electron chi connectivity index (χ1n) is 10.4. The molecule has 0 spiro atoms. The van der Waals surface area contributed by atoms with Crippen LogP contribution in [0.4, 0.5) is 8.78 Å². The number of nitrogens with zero attached hydrogens (tertiary/aromatic N) is 2. The molecule has 33 heavy (non-hydrogen) atoms. The minimum Gasteiger partial charge on any atom is -0.478 e. The van der Waals surface area contributed by atoms with Gasteiger partial charge in [0.2, 0.25) is 0 Å². The highest BCUT2D eigenvalue weighted by atomic mass is 19.1. The van der Waals surface area contributed by atoms with Crippen molar-refractivity contribution in [3.63, 3.8) is 0 Å². The first kappa shape index (κ1) is 20.9. The molecule has 1 aliphatic heterocycles. The predicted octanol–water partition coefficient (Wildman–Crippen LogP) is 4.77. The number of hydrogen-bond acceptors (Lipinski definition) is 4. The number of hydrogen-bond donors (Lipinski definition) is 2. The van der Waals surface area contributed by atoms with Crippen molar-refractivity contribution in [1.29, 1.82) is 0 Å². The van der Waals surface area contributed by atoms with Gasteiger partial charge in [0.15, 0.2) is 6.17 Å². The molecule has 0 fully saturated rings. The summed E-state index contributed by atoms with van der Waals surface area (Å²) in [5.41, 5.74) is 2.83. The van der Waals surface area contributed by atoms with Crippen LogP contribution in [0, 0.1) is 6.92 Å². The van der Waals surface area contributed by atoms with E-state index >= 15 is 4.39 Å². The number of aliphatic imine (C=N–C) groups is 1. The fourth-order valence-electron chi connectivity index (χ4n) is 4.30. The number of fused-ring (bicyclic) bond motifs is 1. The number of benzene rings is 2. The van der Waals surface area contributed by atoms with Crippen molar-refractivity contribution < 1.29 is 23.4 Å². The summed E-state index contributed by atoms with van der Waals surface area (Å²) in [4.78, 5) is 15.6. The smallest absolute Gasteiger partial charge is 0.336 e. The summed E-state index contributed by atoms with van der Waals surface area (Å²) < 4.78 is 38.3. The molecule has 0 bridgehead atoms. The van der Waals surface area contributed by atoms with Gasteiger partial charge in [-0.2, -0.15) is 0 Å². The zero-order valence-corrected chi connectivity index (χ0v) is 18.0. The van der Waals surface area contributed by atoms with Gasteiger partial charge in [-0.25, -0.2) is 18.6 Å². The second-order valence-electron chi connectivity index (χ2n) is 8.22. The lowest BCUT2D eigenvalue weighted by Gasteiger charge is -2.31. The average Bonchev–Trinajstić information content (AvgIpc) is 3.15. The Balaban J connectivity index is 1.40. The third kappa shape index (κ3) is 3.67. The zero-order valence-electron chi connectivity index (χ0n) is 18.0. The molecule has 2 heterocycles. The normalized spacial score (nSPS) is 20.1. The number of aromatic carboxylic acids is 1. The van der Waals surface area contributed by atoms with Crippen molar-refractivity contribution in [1.82, 2.24) is 9.88 Å². The molecule has 0 saturated carbocycles. The van der Waals surface area contributed by atoms with Crippen LogP contribution in [0.5, 0.6) is 5.75 Å². The van der Waals surface area contributed by atoms with Crippen molar-refractivity contribution in [2.75, 3.05) is 6.54 Å². The molecule has 5 rings (SSSR count). The number of carboxylic acids is 1. The van der Waals surface area contributed by atoms with E-state index in [-0.39, 0.29) is 29.6 Å². The molecule has 1 aliphatic carbocycles. The maximum atomic E-state index is 15.7. The number of halogens is 2. The summed E-state index contributed by atoms with van der Waals surface area (Å²) in [5, 5.41) is 13.1. The van der Waals surface area contributed by atoms with E-state index in [4.69, 9.17) is 4.74 Å². The van der Waals surface area contributed by atoms with Crippen LogP contribution in [0.15, 0.2) is 76.8 Å². The van der Waals surface area contributed by atoms with E-state index in [9.17, 15) is 14.3 Å². The first-order chi connectivity index (χ1) is 15.8. The van der Waals surface area contributed by atoms with Gasteiger partial charge in [0.25, 0.3) is 6.02 Å². The molecule has 1 aromatic heterocycles. The molecule has 0 amide bonds. The highest BCUT2D eigenvalue weighted by molar-refractivity contribution is 5.90. The molecule has 6 nitrogen and oxygen atoms in total. The van der Waals surface area contributed by atoms with E-state index in [1.807, 2.05) is 29.9 Å². The van der Waals surface area contributed by atoms with E-state index in [0.29, 0.717) is 16.7 Å². The third-order valence-corrected chi connectivity index (χ3v) is 6.08. The van der Waals surface area contributed by atoms with Crippen LogP contribution >= 0.6 is 0 Å². The highest BCUT2D eigenvalue weighted by Gasteiger charge is 2.37. The van der Waals surface area contributed by atoms with Crippen molar-refractivity contribution in [2.24, 2.45) is 12.0 Å². The predicted molar refractivity (Wildman–Crippen MR) is 121 cm³/mol. The third-order valence-electron chi connectivity index (χ3n) is 6.08. The molecule has 168 valence electrons. The quantitative estimate of drug-likeness (QED) is 0.604. The number of nitrogens with one attached hydrogen (secondary N) is 1. The zero-order chi connectivity index (χ0) is 23.3. The number of rotatable bonds is 3. The lowest BCUT2D eigenvalue weighted by atomic mass is 9.84. The summed E-state index contributed by atoms with van der Waals surface area (Å²) >= 11 is 0. The monoisotopic (exact) mass is 449 g/mol. The van der Waals surface area contributed by atoms with Crippen LogP contribution in [-0.4, -0.2) is 34.4 Å². The number of alkyl halides is 1. The SMILES string of the molecule is Cc1ccc(OC2=NCC3=C(N2)C(F)C(c2ccc4c(ccn4C)c2)C(F)=C3)cc1C(=O)O. The topological polar surface area (TPSA) is 75.8 Å². The van der Waals surface area contributed by atoms with Gasteiger partial charge in [-0.05, 0) is 65.4 Å². The Morgan fingerprint density at radius 1 is 1.24 bits per heavy atom. The Morgan fingerprint density at radius 2 is 2.06 bits per heavy atom. The number of allylic oxidation sites excluding steroid dienone is 2. The molecular weight excluding hydrogens is 428 g/mol. The summed E-state index contributed by atoms with van der Waals surface area (Å²) in [5.74, 6) is -2.45. The average molecular weight is 449 g/mol. The lowest BCUT2D eigenvalue weighted by molar-refractivity contribution is 0.0695. The van der Waals surface area contributed by atoms with Gasteiger partial charge in [-0.3, -0.25) is 0 Å². The maximum Gasteiger partial charge on any atom is 0.336 e. The van der Waals surface area contributed by atoms with Gasteiger partial charge in [-0.15, -0.1) is 0 Å². The summed E-state index contributed by atoms with van der Waals surface area (Å²) in [6, 6.07) is 12.0. The van der Waals surface area contributed by atoms with Crippen LogP contribution in [-0.2, 0) is 7.05 Å². The summed E-state index contributed by atoms with van der Waals surface area (Å²) in [7, 11) is 1.92. The fraction of sp³-hybridized carbons (Fsp3) is 0.200. The van der Waals surface area contributed by atoms with Gasteiger partial charge >= 0.3 is 5.97 Å². The van der Waals surface area contributed by atoms with Crippen molar-refractivity contribution >= 4 is 22.9 Å². The van der Waals surface area contributed by atoms with Crippen molar-refractivity contribution in [3.8, 4) is 5.75 Å². The van der Waals surface area contributed by atoms with E-state index in [0.717, 1.165) is 10.9 Å². The molecule has 8 heteroatoms. The van der Waals surface area contributed by atoms with Crippen LogP contribution in [0.25, 0.3) is 10.9 Å². The molecule has 2 aromatic carbocycles. The summed E-state index contributed by atoms with van der Waals surface area (Å²) in [6.45, 7) is 1.73. The Kier molecular flexibility index (Phi) is 5.00. The highest BCUT2D eigenvalue weighted by Crippen LogP contribution is 2.40. The first-order valence-corrected chi connectivity index (χ1v) is 10.4. The second-order valence-corrected chi connectivity index (χ2v) is 8.22. The van der Waals surface area contributed by atoms with E-state index < -0.39 is 23.9 Å². The molecule has 2 atom stereocenters. The van der Waals surface area contributed by atoms with Crippen LogP contribution < -0.4 is 10.1 Å². The number of amidine groups is 1.